The predicted molar refractivity (Wildman–Crippen MR) is 66.1 cm³/mol. The van der Waals surface area contributed by atoms with Crippen molar-refractivity contribution in [2.75, 3.05) is 6.54 Å². The molecular formula is C14H16F3N. The zero-order valence-electron chi connectivity index (χ0n) is 10.2. The number of benzene rings is 1. The van der Waals surface area contributed by atoms with E-state index in [9.17, 15) is 13.2 Å². The van der Waals surface area contributed by atoms with Gasteiger partial charge in [0.15, 0.2) is 0 Å². The van der Waals surface area contributed by atoms with Crippen molar-refractivity contribution in [1.82, 2.24) is 5.32 Å². The zero-order chi connectivity index (χ0) is 13.2. The number of hydrogen-bond acceptors (Lipinski definition) is 1. The molecule has 0 radical (unpaired) electrons. The Labute approximate surface area is 105 Å². The number of nitrogens with one attached hydrogen (secondary N) is 1. The minimum Gasteiger partial charge on any atom is -0.310 e. The number of alkyl halides is 3. The van der Waals surface area contributed by atoms with E-state index >= 15 is 0 Å². The van der Waals surface area contributed by atoms with Crippen LogP contribution in [0.5, 0.6) is 0 Å². The van der Waals surface area contributed by atoms with Crippen LogP contribution >= 0.6 is 0 Å². The highest BCUT2D eigenvalue weighted by Gasteiger charge is 2.30. The third-order valence-corrected chi connectivity index (χ3v) is 2.87. The van der Waals surface area contributed by atoms with Crippen molar-refractivity contribution in [3.8, 4) is 0 Å². The van der Waals surface area contributed by atoms with E-state index < -0.39 is 11.7 Å². The van der Waals surface area contributed by atoms with Gasteiger partial charge in [-0.25, -0.2) is 0 Å². The van der Waals surface area contributed by atoms with E-state index in [1.807, 2.05) is 6.92 Å². The van der Waals surface area contributed by atoms with Crippen molar-refractivity contribution < 1.29 is 13.2 Å². The van der Waals surface area contributed by atoms with Crippen LogP contribution < -0.4 is 5.32 Å². The quantitative estimate of drug-likeness (QED) is 0.861. The van der Waals surface area contributed by atoms with Gasteiger partial charge >= 0.3 is 6.18 Å². The minimum atomic E-state index is -4.27. The molecule has 0 aliphatic heterocycles. The Bertz CT molecular complexity index is 445. The van der Waals surface area contributed by atoms with Crippen LogP contribution in [0.15, 0.2) is 29.8 Å². The molecule has 0 bridgehead atoms. The maximum atomic E-state index is 12.5. The first-order valence-corrected chi connectivity index (χ1v) is 6.03. The molecule has 1 aromatic rings. The van der Waals surface area contributed by atoms with E-state index in [2.05, 4.69) is 5.32 Å². The highest BCUT2D eigenvalue weighted by Crippen LogP contribution is 2.29. The molecular weight excluding hydrogens is 239 g/mol. The maximum absolute atomic E-state index is 12.5. The molecule has 0 saturated heterocycles. The van der Waals surface area contributed by atoms with Crippen LogP contribution in [0.4, 0.5) is 13.2 Å². The Hall–Kier alpha value is -1.29. The van der Waals surface area contributed by atoms with E-state index in [0.29, 0.717) is 11.6 Å². The van der Waals surface area contributed by atoms with Crippen molar-refractivity contribution >= 4 is 6.08 Å². The van der Waals surface area contributed by atoms with Gasteiger partial charge in [-0.1, -0.05) is 23.8 Å². The third kappa shape index (κ3) is 3.88. The van der Waals surface area contributed by atoms with Gasteiger partial charge < -0.3 is 5.32 Å². The summed E-state index contributed by atoms with van der Waals surface area (Å²) in [6.07, 6.45) is -0.0671. The van der Waals surface area contributed by atoms with Gasteiger partial charge in [0.05, 0.1) is 5.56 Å². The molecule has 0 unspecified atom stereocenters. The molecule has 0 atom stereocenters. The lowest BCUT2D eigenvalue weighted by Gasteiger charge is -2.08. The van der Waals surface area contributed by atoms with E-state index in [0.717, 1.165) is 18.2 Å². The summed E-state index contributed by atoms with van der Waals surface area (Å²) in [5.74, 6) is 0. The fourth-order valence-corrected chi connectivity index (χ4v) is 1.73. The average Bonchev–Trinajstić information content (AvgIpc) is 3.09. The van der Waals surface area contributed by atoms with E-state index in [-0.39, 0.29) is 0 Å². The molecule has 1 N–H and O–H groups in total. The normalized spacial score (nSPS) is 17.0. The summed E-state index contributed by atoms with van der Waals surface area (Å²) in [7, 11) is 0. The Balaban J connectivity index is 2.05. The molecule has 98 valence electrons. The summed E-state index contributed by atoms with van der Waals surface area (Å²) >= 11 is 0. The minimum absolute atomic E-state index is 0.597. The first kappa shape index (κ1) is 13.1. The van der Waals surface area contributed by atoms with Gasteiger partial charge in [0.25, 0.3) is 0 Å². The molecule has 0 heterocycles. The number of hydrogen-bond donors (Lipinski definition) is 1. The van der Waals surface area contributed by atoms with Crippen molar-refractivity contribution in [3.63, 3.8) is 0 Å². The van der Waals surface area contributed by atoms with Crippen LogP contribution in [0, 0.1) is 0 Å². The maximum Gasteiger partial charge on any atom is 0.416 e. The van der Waals surface area contributed by atoms with E-state index in [1.54, 1.807) is 12.1 Å². The van der Waals surface area contributed by atoms with Gasteiger partial charge in [-0.05, 0) is 37.5 Å². The lowest BCUT2D eigenvalue weighted by atomic mass is 10.1. The molecule has 1 aliphatic carbocycles. The molecule has 1 aromatic carbocycles. The highest BCUT2D eigenvalue weighted by molar-refractivity contribution is 5.54. The van der Waals surface area contributed by atoms with Gasteiger partial charge in [0.2, 0.25) is 0 Å². The summed E-state index contributed by atoms with van der Waals surface area (Å²) < 4.78 is 37.6. The van der Waals surface area contributed by atoms with Crippen LogP contribution in [-0.4, -0.2) is 12.6 Å². The third-order valence-electron chi connectivity index (χ3n) is 2.87. The van der Waals surface area contributed by atoms with Gasteiger partial charge in [0, 0.05) is 12.6 Å². The summed E-state index contributed by atoms with van der Waals surface area (Å²) in [5, 5.41) is 3.33. The second-order valence-corrected chi connectivity index (χ2v) is 4.77. The largest absolute Gasteiger partial charge is 0.416 e. The molecule has 0 aromatic heterocycles. The molecule has 0 amide bonds. The monoisotopic (exact) mass is 255 g/mol. The summed E-state index contributed by atoms with van der Waals surface area (Å²) in [6, 6.07) is 6.01. The summed E-state index contributed by atoms with van der Waals surface area (Å²) in [4.78, 5) is 0. The predicted octanol–water partition coefficient (Wildman–Crippen LogP) is 3.86. The number of rotatable bonds is 4. The second kappa shape index (κ2) is 5.14. The zero-order valence-corrected chi connectivity index (χ0v) is 10.2. The van der Waals surface area contributed by atoms with Crippen molar-refractivity contribution in [1.29, 1.82) is 0 Å². The van der Waals surface area contributed by atoms with Crippen molar-refractivity contribution in [2.45, 2.75) is 32.0 Å². The van der Waals surface area contributed by atoms with Crippen LogP contribution in [0.1, 0.15) is 30.9 Å². The van der Waals surface area contributed by atoms with Gasteiger partial charge in [-0.3, -0.25) is 0 Å². The van der Waals surface area contributed by atoms with Crippen molar-refractivity contribution in [2.24, 2.45) is 0 Å². The van der Waals surface area contributed by atoms with E-state index in [4.69, 9.17) is 0 Å². The van der Waals surface area contributed by atoms with Crippen LogP contribution in [0.2, 0.25) is 0 Å². The fourth-order valence-electron chi connectivity index (χ4n) is 1.73. The topological polar surface area (TPSA) is 12.0 Å². The standard InChI is InChI=1S/C14H16F3N/c1-10(9-18-13-5-6-13)7-11-3-2-4-12(8-11)14(15,16)17/h2-4,7-8,13,18H,5-6,9H2,1H3. The molecule has 1 saturated carbocycles. The average molecular weight is 255 g/mol. The Kier molecular flexibility index (Phi) is 3.76. The Morgan fingerprint density at radius 2 is 2.11 bits per heavy atom. The highest BCUT2D eigenvalue weighted by atomic mass is 19.4. The molecule has 4 heteroatoms. The molecule has 18 heavy (non-hydrogen) atoms. The van der Waals surface area contributed by atoms with Crippen LogP contribution in [0.3, 0.4) is 0 Å². The Morgan fingerprint density at radius 3 is 2.72 bits per heavy atom. The second-order valence-electron chi connectivity index (χ2n) is 4.77. The summed E-state index contributed by atoms with van der Waals surface area (Å²) in [6.45, 7) is 2.66. The van der Waals surface area contributed by atoms with E-state index in [1.165, 1.54) is 25.0 Å². The molecule has 1 nitrogen and oxygen atoms in total. The lowest BCUT2D eigenvalue weighted by molar-refractivity contribution is -0.137. The smallest absolute Gasteiger partial charge is 0.310 e. The fraction of sp³-hybridized carbons (Fsp3) is 0.429. The SMILES string of the molecule is CC(=Cc1cccc(C(F)(F)F)c1)CNC1CC1. The Morgan fingerprint density at radius 1 is 1.39 bits per heavy atom. The summed E-state index contributed by atoms with van der Waals surface area (Å²) in [5.41, 5.74) is 1.04. The van der Waals surface area contributed by atoms with Crippen molar-refractivity contribution in [3.05, 3.63) is 41.0 Å². The van der Waals surface area contributed by atoms with Crippen LogP contribution in [-0.2, 0) is 6.18 Å². The first-order chi connectivity index (χ1) is 8.45. The molecule has 0 spiro atoms. The van der Waals surface area contributed by atoms with Crippen LogP contribution in [0.25, 0.3) is 6.08 Å². The lowest BCUT2D eigenvalue weighted by Crippen LogP contribution is -2.18. The molecule has 2 rings (SSSR count). The molecule has 1 fully saturated rings. The molecule has 1 aliphatic rings. The first-order valence-electron chi connectivity index (χ1n) is 6.03. The van der Waals surface area contributed by atoms with Gasteiger partial charge in [0.1, 0.15) is 0 Å². The van der Waals surface area contributed by atoms with Gasteiger partial charge in [-0.2, -0.15) is 13.2 Å². The number of halogens is 3. The van der Waals surface area contributed by atoms with Gasteiger partial charge in [-0.15, -0.1) is 0 Å².